The molecule has 0 saturated carbocycles. The summed E-state index contributed by atoms with van der Waals surface area (Å²) in [5.74, 6) is 0. The van der Waals surface area contributed by atoms with Crippen LogP contribution in [0.1, 0.15) is 5.56 Å². The van der Waals surface area contributed by atoms with Gasteiger partial charge in [-0.2, -0.15) is 13.2 Å². The van der Waals surface area contributed by atoms with Gasteiger partial charge in [-0.1, -0.05) is 33.8 Å². The van der Waals surface area contributed by atoms with E-state index >= 15 is 0 Å². The Hall–Kier alpha value is -1.14. The molecule has 0 saturated heterocycles. The van der Waals surface area contributed by atoms with Gasteiger partial charge in [-0.05, 0) is 36.4 Å². The van der Waals surface area contributed by atoms with Crippen molar-refractivity contribution in [2.24, 2.45) is 0 Å². The molecule has 0 heterocycles. The molecule has 0 amide bonds. The minimum absolute atomic E-state index is 0.125. The lowest BCUT2D eigenvalue weighted by Crippen LogP contribution is -2.05. The molecule has 0 unspecified atom stereocenters. The van der Waals surface area contributed by atoms with Gasteiger partial charge in [0.15, 0.2) is 0 Å². The Morgan fingerprint density at radius 2 is 1.79 bits per heavy atom. The molecule has 2 N–H and O–H groups in total. The summed E-state index contributed by atoms with van der Waals surface area (Å²) in [4.78, 5) is 1.51. The second-order valence-electron chi connectivity index (χ2n) is 3.81. The van der Waals surface area contributed by atoms with E-state index in [1.165, 1.54) is 17.8 Å². The maximum Gasteiger partial charge on any atom is 0.416 e. The fourth-order valence-electron chi connectivity index (χ4n) is 1.48. The van der Waals surface area contributed by atoms with Crippen LogP contribution in [0.5, 0.6) is 0 Å². The lowest BCUT2D eigenvalue weighted by molar-refractivity contribution is -0.137. The van der Waals surface area contributed by atoms with Crippen LogP contribution in [-0.2, 0) is 6.18 Å². The van der Waals surface area contributed by atoms with Crippen molar-refractivity contribution in [2.45, 2.75) is 16.0 Å². The predicted molar refractivity (Wildman–Crippen MR) is 74.1 cm³/mol. The molecule has 2 aromatic rings. The Bertz CT molecular complexity index is 599. The average Bonchev–Trinajstić information content (AvgIpc) is 2.30. The Kier molecular flexibility index (Phi) is 4.10. The van der Waals surface area contributed by atoms with Crippen LogP contribution in [0, 0.1) is 0 Å². The molecule has 2 rings (SSSR count). The van der Waals surface area contributed by atoms with E-state index in [0.717, 1.165) is 21.5 Å². The van der Waals surface area contributed by atoms with E-state index in [1.54, 1.807) is 0 Å². The molecular weight excluding hydrogens is 339 g/mol. The van der Waals surface area contributed by atoms with Crippen molar-refractivity contribution in [1.82, 2.24) is 0 Å². The number of anilines is 1. The van der Waals surface area contributed by atoms with Crippen molar-refractivity contribution in [3.8, 4) is 0 Å². The number of alkyl halides is 3. The number of benzene rings is 2. The van der Waals surface area contributed by atoms with Crippen LogP contribution in [-0.4, -0.2) is 0 Å². The van der Waals surface area contributed by atoms with Crippen molar-refractivity contribution >= 4 is 33.4 Å². The minimum atomic E-state index is -4.37. The highest BCUT2D eigenvalue weighted by Crippen LogP contribution is 2.37. The summed E-state index contributed by atoms with van der Waals surface area (Å²) in [7, 11) is 0. The first kappa shape index (κ1) is 14.3. The summed E-state index contributed by atoms with van der Waals surface area (Å²) in [5.41, 5.74) is 5.06. The van der Waals surface area contributed by atoms with E-state index in [1.807, 2.05) is 24.3 Å². The number of rotatable bonds is 2. The topological polar surface area (TPSA) is 26.0 Å². The molecule has 0 fully saturated rings. The number of hydrogen-bond donors (Lipinski definition) is 1. The molecule has 19 heavy (non-hydrogen) atoms. The van der Waals surface area contributed by atoms with Gasteiger partial charge >= 0.3 is 6.18 Å². The maximum atomic E-state index is 12.5. The van der Waals surface area contributed by atoms with Crippen LogP contribution < -0.4 is 5.73 Å². The van der Waals surface area contributed by atoms with E-state index in [4.69, 9.17) is 5.73 Å². The van der Waals surface area contributed by atoms with Crippen LogP contribution >= 0.6 is 27.7 Å². The maximum absolute atomic E-state index is 12.5. The van der Waals surface area contributed by atoms with Crippen molar-refractivity contribution < 1.29 is 13.2 Å². The third kappa shape index (κ3) is 3.67. The van der Waals surface area contributed by atoms with Gasteiger partial charge in [0.1, 0.15) is 0 Å². The van der Waals surface area contributed by atoms with Crippen molar-refractivity contribution in [3.63, 3.8) is 0 Å². The van der Waals surface area contributed by atoms with Crippen LogP contribution in [0.4, 0.5) is 18.9 Å². The molecule has 0 bridgehead atoms. The number of halogens is 4. The van der Waals surface area contributed by atoms with Crippen LogP contribution in [0.15, 0.2) is 56.7 Å². The van der Waals surface area contributed by atoms with Crippen LogP contribution in [0.3, 0.4) is 0 Å². The molecule has 0 spiro atoms. The fourth-order valence-corrected chi connectivity index (χ4v) is 2.93. The zero-order chi connectivity index (χ0) is 14.0. The van der Waals surface area contributed by atoms with Gasteiger partial charge in [-0.25, -0.2) is 0 Å². The van der Waals surface area contributed by atoms with Crippen molar-refractivity contribution in [1.29, 1.82) is 0 Å². The minimum Gasteiger partial charge on any atom is -0.398 e. The lowest BCUT2D eigenvalue weighted by atomic mass is 10.2. The van der Waals surface area contributed by atoms with Gasteiger partial charge in [0.05, 0.1) is 5.56 Å². The highest BCUT2D eigenvalue weighted by molar-refractivity contribution is 9.10. The molecule has 0 atom stereocenters. The van der Waals surface area contributed by atoms with Gasteiger partial charge in [-0.15, -0.1) is 0 Å². The summed E-state index contributed by atoms with van der Waals surface area (Å²) in [6.45, 7) is 0. The molecule has 0 aromatic heterocycles. The van der Waals surface area contributed by atoms with Crippen molar-refractivity contribution in [3.05, 3.63) is 52.5 Å². The summed E-state index contributed by atoms with van der Waals surface area (Å²) in [5, 5.41) is 0. The van der Waals surface area contributed by atoms with Gasteiger partial charge in [0, 0.05) is 20.0 Å². The Balaban J connectivity index is 2.27. The Morgan fingerprint density at radius 3 is 2.37 bits per heavy atom. The van der Waals surface area contributed by atoms with Crippen LogP contribution in [0.25, 0.3) is 0 Å². The smallest absolute Gasteiger partial charge is 0.398 e. The van der Waals surface area contributed by atoms with Gasteiger partial charge < -0.3 is 5.73 Å². The molecular formula is C13H9BrF3NS. The molecule has 100 valence electrons. The van der Waals surface area contributed by atoms with E-state index < -0.39 is 11.7 Å². The van der Waals surface area contributed by atoms with E-state index in [2.05, 4.69) is 15.9 Å². The monoisotopic (exact) mass is 347 g/mol. The zero-order valence-electron chi connectivity index (χ0n) is 9.54. The third-order valence-corrected chi connectivity index (χ3v) is 3.94. The van der Waals surface area contributed by atoms with Crippen LogP contribution in [0.2, 0.25) is 0 Å². The molecule has 0 radical (unpaired) electrons. The van der Waals surface area contributed by atoms with E-state index in [0.29, 0.717) is 4.90 Å². The Morgan fingerprint density at radius 1 is 1.05 bits per heavy atom. The van der Waals surface area contributed by atoms with Gasteiger partial charge in [-0.3, -0.25) is 0 Å². The molecule has 2 aromatic carbocycles. The summed E-state index contributed by atoms with van der Waals surface area (Å²) >= 11 is 4.66. The third-order valence-electron chi connectivity index (χ3n) is 2.36. The number of nitrogen functional groups attached to an aromatic ring is 1. The number of nitrogens with two attached hydrogens (primary N) is 1. The predicted octanol–water partition coefficient (Wildman–Crippen LogP) is 5.20. The van der Waals surface area contributed by atoms with E-state index in [-0.39, 0.29) is 5.69 Å². The first-order valence-corrected chi connectivity index (χ1v) is 6.87. The molecule has 0 aliphatic carbocycles. The second kappa shape index (κ2) is 5.46. The molecule has 1 nitrogen and oxygen atoms in total. The fraction of sp³-hybridized carbons (Fsp3) is 0.0769. The summed E-state index contributed by atoms with van der Waals surface area (Å²) < 4.78 is 38.4. The SMILES string of the molecule is Nc1cc(C(F)(F)F)ccc1Sc1cccc(Br)c1. The normalized spacial score (nSPS) is 11.6. The first-order chi connectivity index (χ1) is 8.86. The summed E-state index contributed by atoms with van der Waals surface area (Å²) in [6.07, 6.45) is -4.37. The van der Waals surface area contributed by atoms with Gasteiger partial charge in [0.25, 0.3) is 0 Å². The Labute approximate surface area is 121 Å². The van der Waals surface area contributed by atoms with E-state index in [9.17, 15) is 13.2 Å². The first-order valence-electron chi connectivity index (χ1n) is 5.26. The molecule has 0 aliphatic rings. The zero-order valence-corrected chi connectivity index (χ0v) is 11.9. The molecule has 0 aliphatic heterocycles. The standard InChI is InChI=1S/C13H9BrF3NS/c14-9-2-1-3-10(7-9)19-12-5-4-8(6-11(12)18)13(15,16)17/h1-7H,18H2. The van der Waals surface area contributed by atoms with Crippen molar-refractivity contribution in [2.75, 3.05) is 5.73 Å². The average molecular weight is 348 g/mol. The highest BCUT2D eigenvalue weighted by atomic mass is 79.9. The lowest BCUT2D eigenvalue weighted by Gasteiger charge is -2.10. The quantitative estimate of drug-likeness (QED) is 0.755. The van der Waals surface area contributed by atoms with Gasteiger partial charge in [0.2, 0.25) is 0 Å². The molecule has 6 heteroatoms. The number of hydrogen-bond acceptors (Lipinski definition) is 2. The summed E-state index contributed by atoms with van der Waals surface area (Å²) in [6, 6.07) is 10.9. The largest absolute Gasteiger partial charge is 0.416 e. The highest BCUT2D eigenvalue weighted by Gasteiger charge is 2.30. The second-order valence-corrected chi connectivity index (χ2v) is 5.84.